The molecule has 2 unspecified atom stereocenters. The van der Waals surface area contributed by atoms with Gasteiger partial charge in [0.2, 0.25) is 0 Å². The van der Waals surface area contributed by atoms with Gasteiger partial charge in [0, 0.05) is 19.1 Å². The van der Waals surface area contributed by atoms with E-state index in [1.165, 1.54) is 0 Å². The number of hydrogen-bond acceptors (Lipinski definition) is 3. The fourth-order valence-electron chi connectivity index (χ4n) is 1.72. The van der Waals surface area contributed by atoms with E-state index in [2.05, 4.69) is 13.8 Å². The standard InChI is InChI=1S/C11H22N2O2/c1-3-4-7-15-11(14)13-6-5-10(12)9(2)8-13/h9-10H,3-8,12H2,1-2H3. The van der Waals surface area contributed by atoms with Gasteiger partial charge in [0.25, 0.3) is 0 Å². The van der Waals surface area contributed by atoms with Crippen LogP contribution in [-0.4, -0.2) is 36.7 Å². The molecule has 1 rings (SSSR count). The molecule has 1 aliphatic rings. The lowest BCUT2D eigenvalue weighted by atomic mass is 9.95. The van der Waals surface area contributed by atoms with Crippen LogP contribution >= 0.6 is 0 Å². The number of hydrogen-bond donors (Lipinski definition) is 1. The summed E-state index contributed by atoms with van der Waals surface area (Å²) in [5, 5.41) is 0. The van der Waals surface area contributed by atoms with Crippen LogP contribution in [0.3, 0.4) is 0 Å². The molecule has 4 heteroatoms. The lowest BCUT2D eigenvalue weighted by Crippen LogP contribution is -2.48. The van der Waals surface area contributed by atoms with Crippen molar-refractivity contribution < 1.29 is 9.53 Å². The molecule has 0 aromatic carbocycles. The molecule has 0 aliphatic carbocycles. The Hall–Kier alpha value is -0.770. The van der Waals surface area contributed by atoms with Crippen molar-refractivity contribution in [3.05, 3.63) is 0 Å². The number of likely N-dealkylation sites (tertiary alicyclic amines) is 1. The van der Waals surface area contributed by atoms with Crippen LogP contribution in [0.1, 0.15) is 33.1 Å². The zero-order chi connectivity index (χ0) is 11.3. The summed E-state index contributed by atoms with van der Waals surface area (Å²) in [7, 11) is 0. The molecule has 0 saturated carbocycles. The van der Waals surface area contributed by atoms with E-state index in [1.807, 2.05) is 0 Å². The molecule has 1 aliphatic heterocycles. The third-order valence-corrected chi connectivity index (χ3v) is 2.95. The molecule has 0 spiro atoms. The van der Waals surface area contributed by atoms with Gasteiger partial charge in [-0.05, 0) is 18.8 Å². The van der Waals surface area contributed by atoms with Gasteiger partial charge in [0.05, 0.1) is 6.61 Å². The van der Waals surface area contributed by atoms with E-state index in [0.29, 0.717) is 12.5 Å². The van der Waals surface area contributed by atoms with Gasteiger partial charge in [-0.15, -0.1) is 0 Å². The minimum absolute atomic E-state index is 0.179. The zero-order valence-electron chi connectivity index (χ0n) is 9.74. The van der Waals surface area contributed by atoms with Crippen molar-refractivity contribution in [3.8, 4) is 0 Å². The highest BCUT2D eigenvalue weighted by molar-refractivity contribution is 5.67. The molecule has 0 aromatic rings. The average Bonchev–Trinajstić information content (AvgIpc) is 2.22. The van der Waals surface area contributed by atoms with Crippen molar-refractivity contribution in [3.63, 3.8) is 0 Å². The number of nitrogens with zero attached hydrogens (tertiary/aromatic N) is 1. The summed E-state index contributed by atoms with van der Waals surface area (Å²) < 4.78 is 5.15. The molecule has 15 heavy (non-hydrogen) atoms. The SMILES string of the molecule is CCCCOC(=O)N1CCC(N)C(C)C1. The largest absolute Gasteiger partial charge is 0.449 e. The third-order valence-electron chi connectivity index (χ3n) is 2.95. The molecule has 0 radical (unpaired) electrons. The quantitative estimate of drug-likeness (QED) is 0.726. The Kier molecular flexibility index (Phi) is 4.88. The fourth-order valence-corrected chi connectivity index (χ4v) is 1.72. The Morgan fingerprint density at radius 3 is 2.93 bits per heavy atom. The minimum Gasteiger partial charge on any atom is -0.449 e. The molecule has 1 amide bonds. The predicted octanol–water partition coefficient (Wildman–Crippen LogP) is 1.59. The maximum absolute atomic E-state index is 11.6. The summed E-state index contributed by atoms with van der Waals surface area (Å²) in [5.41, 5.74) is 5.88. The molecule has 4 nitrogen and oxygen atoms in total. The smallest absolute Gasteiger partial charge is 0.409 e. The van der Waals surface area contributed by atoms with Crippen molar-refractivity contribution in [2.45, 2.75) is 39.2 Å². The lowest BCUT2D eigenvalue weighted by molar-refractivity contribution is 0.0814. The van der Waals surface area contributed by atoms with E-state index in [-0.39, 0.29) is 12.1 Å². The van der Waals surface area contributed by atoms with Crippen LogP contribution in [0.15, 0.2) is 0 Å². The normalized spacial score (nSPS) is 26.5. The summed E-state index contributed by atoms with van der Waals surface area (Å²) in [4.78, 5) is 13.4. The topological polar surface area (TPSA) is 55.6 Å². The molecule has 0 bridgehead atoms. The first kappa shape index (κ1) is 12.3. The Labute approximate surface area is 91.8 Å². The summed E-state index contributed by atoms with van der Waals surface area (Å²) in [6.07, 6.45) is 2.69. The van der Waals surface area contributed by atoms with E-state index in [1.54, 1.807) is 4.90 Å². The monoisotopic (exact) mass is 214 g/mol. The minimum atomic E-state index is -0.179. The molecule has 1 saturated heterocycles. The fraction of sp³-hybridized carbons (Fsp3) is 0.909. The number of unbranched alkanes of at least 4 members (excludes halogenated alkanes) is 1. The first-order valence-electron chi connectivity index (χ1n) is 5.82. The van der Waals surface area contributed by atoms with Crippen LogP contribution in [0.4, 0.5) is 4.79 Å². The predicted molar refractivity (Wildman–Crippen MR) is 59.6 cm³/mol. The van der Waals surface area contributed by atoms with Crippen LogP contribution in [0.25, 0.3) is 0 Å². The summed E-state index contributed by atoms with van der Waals surface area (Å²) in [5.74, 6) is 0.373. The first-order valence-corrected chi connectivity index (χ1v) is 5.82. The highest BCUT2D eigenvalue weighted by Gasteiger charge is 2.26. The van der Waals surface area contributed by atoms with Gasteiger partial charge in [0.1, 0.15) is 0 Å². The van der Waals surface area contributed by atoms with Crippen molar-refractivity contribution in [1.82, 2.24) is 4.90 Å². The van der Waals surface area contributed by atoms with Gasteiger partial charge in [-0.25, -0.2) is 4.79 Å². The summed E-state index contributed by atoms with van der Waals surface area (Å²) in [6, 6.07) is 0.227. The molecule has 1 fully saturated rings. The van der Waals surface area contributed by atoms with E-state index < -0.39 is 0 Å². The van der Waals surface area contributed by atoms with E-state index in [9.17, 15) is 4.79 Å². The second kappa shape index (κ2) is 5.95. The molecule has 1 heterocycles. The van der Waals surface area contributed by atoms with Gasteiger partial charge in [-0.2, -0.15) is 0 Å². The van der Waals surface area contributed by atoms with Crippen molar-refractivity contribution in [1.29, 1.82) is 0 Å². The molecule has 0 aromatic heterocycles. The Morgan fingerprint density at radius 2 is 2.33 bits per heavy atom. The number of carbonyl (C=O) groups is 1. The van der Waals surface area contributed by atoms with Crippen LogP contribution in [0.2, 0.25) is 0 Å². The van der Waals surface area contributed by atoms with Crippen LogP contribution in [-0.2, 0) is 4.74 Å². The van der Waals surface area contributed by atoms with Gasteiger partial charge < -0.3 is 15.4 Å². The van der Waals surface area contributed by atoms with Crippen molar-refractivity contribution >= 4 is 6.09 Å². The van der Waals surface area contributed by atoms with Gasteiger partial charge in [-0.1, -0.05) is 20.3 Å². The van der Waals surface area contributed by atoms with Crippen molar-refractivity contribution in [2.75, 3.05) is 19.7 Å². The Bertz CT molecular complexity index is 209. The highest BCUT2D eigenvalue weighted by Crippen LogP contribution is 2.15. The van der Waals surface area contributed by atoms with Gasteiger partial charge in [-0.3, -0.25) is 0 Å². The third kappa shape index (κ3) is 3.70. The maximum Gasteiger partial charge on any atom is 0.409 e. The molecular weight excluding hydrogens is 192 g/mol. The summed E-state index contributed by atoms with van der Waals surface area (Å²) in [6.45, 7) is 6.15. The zero-order valence-corrected chi connectivity index (χ0v) is 9.74. The second-order valence-electron chi connectivity index (χ2n) is 4.34. The van der Waals surface area contributed by atoms with Crippen LogP contribution < -0.4 is 5.73 Å². The van der Waals surface area contributed by atoms with Crippen molar-refractivity contribution in [2.24, 2.45) is 11.7 Å². The number of piperidine rings is 1. The first-order chi connectivity index (χ1) is 7.15. The van der Waals surface area contributed by atoms with Crippen LogP contribution in [0.5, 0.6) is 0 Å². The second-order valence-corrected chi connectivity index (χ2v) is 4.34. The number of ether oxygens (including phenoxy) is 1. The lowest BCUT2D eigenvalue weighted by Gasteiger charge is -2.34. The van der Waals surface area contributed by atoms with Gasteiger partial charge in [0.15, 0.2) is 0 Å². The molecule has 88 valence electrons. The maximum atomic E-state index is 11.6. The van der Waals surface area contributed by atoms with E-state index >= 15 is 0 Å². The molecule has 2 N–H and O–H groups in total. The number of carbonyl (C=O) groups excluding carboxylic acids is 1. The molecule has 2 atom stereocenters. The van der Waals surface area contributed by atoms with E-state index in [0.717, 1.165) is 32.4 Å². The summed E-state index contributed by atoms with van der Waals surface area (Å²) >= 11 is 0. The average molecular weight is 214 g/mol. The van der Waals surface area contributed by atoms with Crippen LogP contribution in [0, 0.1) is 5.92 Å². The number of amides is 1. The number of rotatable bonds is 3. The highest BCUT2D eigenvalue weighted by atomic mass is 16.6. The molecular formula is C11H22N2O2. The Morgan fingerprint density at radius 1 is 1.60 bits per heavy atom. The number of nitrogens with two attached hydrogens (primary N) is 1. The van der Waals surface area contributed by atoms with E-state index in [4.69, 9.17) is 10.5 Å². The Balaban J connectivity index is 2.28. The van der Waals surface area contributed by atoms with Gasteiger partial charge >= 0.3 is 6.09 Å².